The van der Waals surface area contributed by atoms with Crippen molar-refractivity contribution in [3.63, 3.8) is 0 Å². The van der Waals surface area contributed by atoms with Gasteiger partial charge in [-0.05, 0) is 61.0 Å². The number of thioether (sulfide) groups is 1. The molecule has 1 aliphatic rings. The molecule has 156 valence electrons. The van der Waals surface area contributed by atoms with Crippen LogP contribution in [-0.2, 0) is 9.59 Å². The van der Waals surface area contributed by atoms with E-state index in [1.54, 1.807) is 38.5 Å². The first-order valence-corrected chi connectivity index (χ1v) is 10.0. The molecular weight excluding hydrogens is 404 g/mol. The molecule has 1 heterocycles. The first-order chi connectivity index (χ1) is 14.5. The molecule has 9 heteroatoms. The Morgan fingerprint density at radius 1 is 1.07 bits per heavy atom. The fourth-order valence-corrected chi connectivity index (χ4v) is 3.58. The fraction of sp³-hybridized carbons (Fsp3) is 0.238. The number of rotatable bonds is 6. The Morgan fingerprint density at radius 2 is 1.67 bits per heavy atom. The number of ether oxygens (including phenoxy) is 2. The molecule has 1 aliphatic heterocycles. The van der Waals surface area contributed by atoms with Gasteiger partial charge in [-0.25, -0.2) is 0 Å². The number of nitrogens with one attached hydrogen (secondary N) is 2. The summed E-state index contributed by atoms with van der Waals surface area (Å²) in [4.78, 5) is 24.6. The predicted molar refractivity (Wildman–Crippen MR) is 118 cm³/mol. The molecular formula is C21H22N4O4S. The number of carbonyl (C=O) groups excluding carboxylic acids is 2. The van der Waals surface area contributed by atoms with E-state index in [4.69, 9.17) is 9.47 Å². The van der Waals surface area contributed by atoms with E-state index in [9.17, 15) is 9.59 Å². The molecule has 1 saturated heterocycles. The number of nitrogens with zero attached hydrogens (tertiary/aromatic N) is 2. The minimum atomic E-state index is -0.601. The Bertz CT molecular complexity index is 972. The molecule has 0 radical (unpaired) electrons. The number of hydrogen-bond donors (Lipinski definition) is 2. The number of methoxy groups -OCH3 is 2. The Hall–Kier alpha value is -3.33. The van der Waals surface area contributed by atoms with Gasteiger partial charge >= 0.3 is 0 Å². The van der Waals surface area contributed by atoms with E-state index < -0.39 is 5.25 Å². The van der Waals surface area contributed by atoms with Gasteiger partial charge in [-0.15, -0.1) is 5.10 Å². The van der Waals surface area contributed by atoms with Gasteiger partial charge in [-0.2, -0.15) is 5.10 Å². The Labute approximate surface area is 178 Å². The van der Waals surface area contributed by atoms with E-state index in [0.29, 0.717) is 17.1 Å². The first-order valence-electron chi connectivity index (χ1n) is 9.16. The number of carbonyl (C=O) groups is 2. The second-order valence-electron chi connectivity index (χ2n) is 6.40. The molecule has 8 nitrogen and oxygen atoms in total. The lowest BCUT2D eigenvalue weighted by molar-refractivity contribution is -0.123. The smallest absolute Gasteiger partial charge is 0.238 e. The highest BCUT2D eigenvalue weighted by atomic mass is 32.2. The van der Waals surface area contributed by atoms with Crippen LogP contribution in [0.2, 0.25) is 0 Å². The quantitative estimate of drug-likeness (QED) is 0.546. The standard InChI is InChI=1S/C21H22N4O4S/c1-13(14-4-8-16(28-2)9-5-14)24-25-21-23-19(26)12-18(30-21)20(27)22-15-6-10-17(29-3)11-7-15/h4-11,18H,12H2,1-3H3,(H,22,27)(H,23,25,26). The maximum Gasteiger partial charge on any atom is 0.238 e. The molecule has 2 amide bonds. The average Bonchev–Trinajstić information content (AvgIpc) is 2.77. The number of anilines is 1. The fourth-order valence-electron chi connectivity index (χ4n) is 2.65. The van der Waals surface area contributed by atoms with Gasteiger partial charge in [-0.3, -0.25) is 9.59 Å². The molecule has 0 bridgehead atoms. The molecule has 1 unspecified atom stereocenters. The monoisotopic (exact) mass is 426 g/mol. The molecule has 30 heavy (non-hydrogen) atoms. The van der Waals surface area contributed by atoms with Crippen LogP contribution in [0, 0.1) is 0 Å². The van der Waals surface area contributed by atoms with Crippen LogP contribution >= 0.6 is 11.8 Å². The summed E-state index contributed by atoms with van der Waals surface area (Å²) in [5, 5.41) is 13.5. The molecule has 2 N–H and O–H groups in total. The first kappa shape index (κ1) is 21.4. The molecule has 1 atom stereocenters. The third-order valence-corrected chi connectivity index (χ3v) is 5.39. The highest BCUT2D eigenvalue weighted by molar-refractivity contribution is 8.15. The van der Waals surface area contributed by atoms with E-state index in [2.05, 4.69) is 20.8 Å². The van der Waals surface area contributed by atoms with Crippen molar-refractivity contribution in [2.24, 2.45) is 10.2 Å². The van der Waals surface area contributed by atoms with Crippen molar-refractivity contribution < 1.29 is 19.1 Å². The van der Waals surface area contributed by atoms with Gasteiger partial charge in [0.2, 0.25) is 11.8 Å². The van der Waals surface area contributed by atoms with Crippen LogP contribution in [0.25, 0.3) is 0 Å². The Kier molecular flexibility index (Phi) is 7.08. The number of amides is 2. The van der Waals surface area contributed by atoms with Gasteiger partial charge in [0.1, 0.15) is 16.7 Å². The van der Waals surface area contributed by atoms with Gasteiger partial charge in [0.25, 0.3) is 0 Å². The summed E-state index contributed by atoms with van der Waals surface area (Å²) in [6, 6.07) is 14.4. The number of benzene rings is 2. The molecule has 2 aromatic rings. The van der Waals surface area contributed by atoms with Crippen molar-refractivity contribution in [2.75, 3.05) is 19.5 Å². The van der Waals surface area contributed by atoms with Crippen LogP contribution in [0.3, 0.4) is 0 Å². The topological polar surface area (TPSA) is 101 Å². The van der Waals surface area contributed by atoms with E-state index in [1.165, 1.54) is 11.8 Å². The zero-order valence-corrected chi connectivity index (χ0v) is 17.7. The highest BCUT2D eigenvalue weighted by Gasteiger charge is 2.30. The lowest BCUT2D eigenvalue weighted by atomic mass is 10.1. The number of amidine groups is 1. The van der Waals surface area contributed by atoms with Gasteiger partial charge in [0.05, 0.1) is 19.9 Å². The molecule has 3 rings (SSSR count). The van der Waals surface area contributed by atoms with E-state index in [1.807, 2.05) is 31.2 Å². The van der Waals surface area contributed by atoms with Gasteiger partial charge < -0.3 is 20.1 Å². The molecule has 0 aliphatic carbocycles. The Morgan fingerprint density at radius 3 is 2.27 bits per heavy atom. The van der Waals surface area contributed by atoms with Crippen molar-refractivity contribution in [3.8, 4) is 11.5 Å². The maximum atomic E-state index is 12.6. The van der Waals surface area contributed by atoms with Crippen LogP contribution in [0.15, 0.2) is 58.7 Å². The van der Waals surface area contributed by atoms with E-state index >= 15 is 0 Å². The zero-order chi connectivity index (χ0) is 21.5. The molecule has 0 spiro atoms. The van der Waals surface area contributed by atoms with Gasteiger partial charge in [0, 0.05) is 12.1 Å². The van der Waals surface area contributed by atoms with Crippen molar-refractivity contribution in [3.05, 3.63) is 54.1 Å². The minimum absolute atomic E-state index is 0.0624. The van der Waals surface area contributed by atoms with Gasteiger partial charge in [0.15, 0.2) is 5.17 Å². The normalized spacial score (nSPS) is 18.0. The third kappa shape index (κ3) is 5.60. The van der Waals surface area contributed by atoms with Crippen molar-refractivity contribution in [1.29, 1.82) is 0 Å². The van der Waals surface area contributed by atoms with Crippen LogP contribution in [0.1, 0.15) is 18.9 Å². The summed E-state index contributed by atoms with van der Waals surface area (Å²) in [6.45, 7) is 1.81. The van der Waals surface area contributed by atoms with Crippen LogP contribution in [0.5, 0.6) is 11.5 Å². The summed E-state index contributed by atoms with van der Waals surface area (Å²) in [7, 11) is 3.18. The van der Waals surface area contributed by atoms with Gasteiger partial charge in [-0.1, -0.05) is 11.8 Å². The summed E-state index contributed by atoms with van der Waals surface area (Å²) in [6.07, 6.45) is 0.0624. The third-order valence-electron chi connectivity index (χ3n) is 4.32. The van der Waals surface area contributed by atoms with E-state index in [-0.39, 0.29) is 23.4 Å². The summed E-state index contributed by atoms with van der Waals surface area (Å²) < 4.78 is 10.2. The molecule has 0 saturated carbocycles. The summed E-state index contributed by atoms with van der Waals surface area (Å²) in [5.41, 5.74) is 2.17. The lowest BCUT2D eigenvalue weighted by Gasteiger charge is -2.21. The van der Waals surface area contributed by atoms with Crippen LogP contribution < -0.4 is 20.1 Å². The average molecular weight is 426 g/mol. The number of hydrogen-bond acceptors (Lipinski definition) is 7. The molecule has 2 aromatic carbocycles. The largest absolute Gasteiger partial charge is 0.497 e. The van der Waals surface area contributed by atoms with Crippen LogP contribution in [-0.4, -0.2) is 42.2 Å². The molecule has 0 aromatic heterocycles. The highest BCUT2D eigenvalue weighted by Crippen LogP contribution is 2.23. The summed E-state index contributed by atoms with van der Waals surface area (Å²) in [5.74, 6) is 0.890. The minimum Gasteiger partial charge on any atom is -0.497 e. The Balaban J connectivity index is 1.67. The van der Waals surface area contributed by atoms with E-state index in [0.717, 1.165) is 11.3 Å². The second-order valence-corrected chi connectivity index (χ2v) is 7.59. The lowest BCUT2D eigenvalue weighted by Crippen LogP contribution is -2.41. The van der Waals surface area contributed by atoms with Crippen LogP contribution in [0.4, 0.5) is 5.69 Å². The zero-order valence-electron chi connectivity index (χ0n) is 16.8. The maximum absolute atomic E-state index is 12.6. The predicted octanol–water partition coefficient (Wildman–Crippen LogP) is 3.04. The second kappa shape index (κ2) is 9.93. The van der Waals surface area contributed by atoms with Crippen molar-refractivity contribution >= 4 is 40.1 Å². The molecule has 1 fully saturated rings. The van der Waals surface area contributed by atoms with Crippen molar-refractivity contribution in [1.82, 2.24) is 5.32 Å². The summed E-state index contributed by atoms with van der Waals surface area (Å²) >= 11 is 1.17. The SMILES string of the molecule is COc1ccc(NC(=O)C2CC(=O)N/C(=N\N=C(C)c3ccc(OC)cc3)S2)cc1. The van der Waals surface area contributed by atoms with Crippen molar-refractivity contribution in [2.45, 2.75) is 18.6 Å².